The Bertz CT molecular complexity index is 663. The van der Waals surface area contributed by atoms with Crippen LogP contribution >= 0.6 is 15.9 Å². The maximum atomic E-state index is 13.7. The third-order valence-corrected chi connectivity index (χ3v) is 4.62. The average Bonchev–Trinajstić information content (AvgIpc) is 2.46. The number of carbonyl (C=O) groups is 2. The zero-order valence-corrected chi connectivity index (χ0v) is 16.8. The highest BCUT2D eigenvalue weighted by atomic mass is 79.9. The molecule has 2 unspecified atom stereocenters. The molecule has 1 aromatic rings. The molecule has 0 aromatic heterocycles. The topological polar surface area (TPSA) is 49.9 Å². The summed E-state index contributed by atoms with van der Waals surface area (Å²) >= 11 is 3.08. The SMILES string of the molecule is CC1CN(C(=O)c2ccc(Br)c(F)c2)CC(C)N1C(=O)OC(C)(C)C. The van der Waals surface area contributed by atoms with Crippen LogP contribution in [0.2, 0.25) is 0 Å². The lowest BCUT2D eigenvalue weighted by Crippen LogP contribution is -2.60. The molecule has 1 saturated heterocycles. The van der Waals surface area contributed by atoms with Crippen LogP contribution in [0.4, 0.5) is 9.18 Å². The lowest BCUT2D eigenvalue weighted by molar-refractivity contribution is -0.0129. The Labute approximate surface area is 156 Å². The summed E-state index contributed by atoms with van der Waals surface area (Å²) < 4.78 is 19.5. The van der Waals surface area contributed by atoms with Crippen molar-refractivity contribution in [2.24, 2.45) is 0 Å². The molecule has 1 aliphatic heterocycles. The zero-order chi connectivity index (χ0) is 18.9. The second-order valence-electron chi connectivity index (χ2n) is 7.42. The van der Waals surface area contributed by atoms with Crippen molar-refractivity contribution in [2.75, 3.05) is 13.1 Å². The van der Waals surface area contributed by atoms with Gasteiger partial charge >= 0.3 is 6.09 Å². The largest absolute Gasteiger partial charge is 0.444 e. The third-order valence-electron chi connectivity index (χ3n) is 3.98. The van der Waals surface area contributed by atoms with Crippen LogP contribution in [-0.2, 0) is 4.74 Å². The molecule has 25 heavy (non-hydrogen) atoms. The highest BCUT2D eigenvalue weighted by molar-refractivity contribution is 9.10. The van der Waals surface area contributed by atoms with E-state index in [1.165, 1.54) is 12.1 Å². The van der Waals surface area contributed by atoms with Gasteiger partial charge in [0.15, 0.2) is 0 Å². The lowest BCUT2D eigenvalue weighted by Gasteiger charge is -2.44. The van der Waals surface area contributed by atoms with Gasteiger partial charge in [0, 0.05) is 18.7 Å². The van der Waals surface area contributed by atoms with Gasteiger partial charge in [-0.2, -0.15) is 0 Å². The van der Waals surface area contributed by atoms with Gasteiger partial charge in [-0.1, -0.05) is 0 Å². The van der Waals surface area contributed by atoms with Crippen molar-refractivity contribution in [3.05, 3.63) is 34.1 Å². The van der Waals surface area contributed by atoms with E-state index in [1.807, 2.05) is 34.6 Å². The van der Waals surface area contributed by atoms with Gasteiger partial charge in [0.25, 0.3) is 5.91 Å². The normalized spacial score (nSPS) is 21.2. The number of nitrogens with zero attached hydrogens (tertiary/aromatic N) is 2. The predicted octanol–water partition coefficient (Wildman–Crippen LogP) is 4.06. The van der Waals surface area contributed by atoms with E-state index in [0.717, 1.165) is 0 Å². The minimum absolute atomic E-state index is 0.192. The van der Waals surface area contributed by atoms with Crippen LogP contribution in [0, 0.1) is 5.82 Å². The van der Waals surface area contributed by atoms with Crippen molar-refractivity contribution >= 4 is 27.9 Å². The van der Waals surface area contributed by atoms with Gasteiger partial charge in [0.05, 0.1) is 16.6 Å². The zero-order valence-electron chi connectivity index (χ0n) is 15.2. The highest BCUT2D eigenvalue weighted by Crippen LogP contribution is 2.23. The Balaban J connectivity index is 2.11. The summed E-state index contributed by atoms with van der Waals surface area (Å²) in [4.78, 5) is 28.4. The second-order valence-corrected chi connectivity index (χ2v) is 8.28. The van der Waals surface area contributed by atoms with Crippen LogP contribution in [0.1, 0.15) is 45.0 Å². The van der Waals surface area contributed by atoms with Crippen molar-refractivity contribution < 1.29 is 18.7 Å². The predicted molar refractivity (Wildman–Crippen MR) is 97.0 cm³/mol. The first-order chi connectivity index (χ1) is 11.5. The van der Waals surface area contributed by atoms with Crippen molar-refractivity contribution in [3.63, 3.8) is 0 Å². The number of halogens is 2. The molecule has 138 valence electrons. The quantitative estimate of drug-likeness (QED) is 0.695. The molecule has 2 amide bonds. The Morgan fingerprint density at radius 2 is 1.76 bits per heavy atom. The minimum Gasteiger partial charge on any atom is -0.444 e. The van der Waals surface area contributed by atoms with E-state index in [4.69, 9.17) is 4.74 Å². The molecule has 5 nitrogen and oxygen atoms in total. The standard InChI is InChI=1S/C18H24BrFN2O3/c1-11-9-21(16(23)13-6-7-14(19)15(20)8-13)10-12(2)22(11)17(24)25-18(3,4)5/h6-8,11-12H,9-10H2,1-5H3. The molecule has 1 aliphatic rings. The monoisotopic (exact) mass is 414 g/mol. The van der Waals surface area contributed by atoms with Gasteiger partial charge in [0.1, 0.15) is 11.4 Å². The number of ether oxygens (including phenoxy) is 1. The van der Waals surface area contributed by atoms with Crippen LogP contribution in [0.5, 0.6) is 0 Å². The van der Waals surface area contributed by atoms with Crippen LogP contribution in [0.25, 0.3) is 0 Å². The van der Waals surface area contributed by atoms with Crippen molar-refractivity contribution in [3.8, 4) is 0 Å². The summed E-state index contributed by atoms with van der Waals surface area (Å²) in [7, 11) is 0. The van der Waals surface area contributed by atoms with Gasteiger partial charge in [-0.15, -0.1) is 0 Å². The van der Waals surface area contributed by atoms with E-state index < -0.39 is 11.4 Å². The molecule has 0 aliphatic carbocycles. The molecule has 7 heteroatoms. The summed E-state index contributed by atoms with van der Waals surface area (Å²) in [6, 6.07) is 3.95. The van der Waals surface area contributed by atoms with Crippen molar-refractivity contribution in [1.82, 2.24) is 9.80 Å². The van der Waals surface area contributed by atoms with Gasteiger partial charge < -0.3 is 9.64 Å². The molecule has 1 heterocycles. The van der Waals surface area contributed by atoms with E-state index in [0.29, 0.717) is 23.1 Å². The number of piperazine rings is 1. The molecule has 0 spiro atoms. The third kappa shape index (κ3) is 4.71. The molecule has 0 radical (unpaired) electrons. The molecule has 0 bridgehead atoms. The minimum atomic E-state index is -0.571. The lowest BCUT2D eigenvalue weighted by atomic mass is 10.1. The number of carbonyl (C=O) groups excluding carboxylic acids is 2. The number of amides is 2. The Morgan fingerprint density at radius 3 is 2.24 bits per heavy atom. The second kappa shape index (κ2) is 7.32. The van der Waals surface area contributed by atoms with Gasteiger partial charge in [-0.25, -0.2) is 9.18 Å². The van der Waals surface area contributed by atoms with Crippen LogP contribution in [0.3, 0.4) is 0 Å². The number of hydrogen-bond acceptors (Lipinski definition) is 3. The molecule has 1 fully saturated rings. The fourth-order valence-electron chi connectivity index (χ4n) is 2.97. The average molecular weight is 415 g/mol. The Morgan fingerprint density at radius 1 is 1.20 bits per heavy atom. The Kier molecular flexibility index (Phi) is 5.76. The van der Waals surface area contributed by atoms with E-state index >= 15 is 0 Å². The number of benzene rings is 1. The summed E-state index contributed by atoms with van der Waals surface area (Å²) in [6.07, 6.45) is -0.380. The molecular formula is C18H24BrFN2O3. The molecule has 0 N–H and O–H groups in total. The summed E-state index contributed by atoms with van der Waals surface area (Å²) in [5.74, 6) is -0.715. The maximum absolute atomic E-state index is 13.7. The molecule has 1 aromatic carbocycles. The first-order valence-corrected chi connectivity index (χ1v) is 9.04. The van der Waals surface area contributed by atoms with Crippen LogP contribution in [0.15, 0.2) is 22.7 Å². The number of rotatable bonds is 1. The summed E-state index contributed by atoms with van der Waals surface area (Å²) in [5.41, 5.74) is -0.274. The van der Waals surface area contributed by atoms with Gasteiger partial charge in [-0.05, 0) is 68.7 Å². The molecular weight excluding hydrogens is 391 g/mol. The van der Waals surface area contributed by atoms with Gasteiger partial charge in [0.2, 0.25) is 0 Å². The smallest absolute Gasteiger partial charge is 0.410 e. The summed E-state index contributed by atoms with van der Waals surface area (Å²) in [6.45, 7) is 9.97. The van der Waals surface area contributed by atoms with Crippen molar-refractivity contribution in [1.29, 1.82) is 0 Å². The molecule has 2 atom stereocenters. The first-order valence-electron chi connectivity index (χ1n) is 8.25. The highest BCUT2D eigenvalue weighted by Gasteiger charge is 2.37. The van der Waals surface area contributed by atoms with E-state index in [2.05, 4.69) is 15.9 Å². The van der Waals surface area contributed by atoms with Crippen molar-refractivity contribution in [2.45, 2.75) is 52.3 Å². The first kappa shape index (κ1) is 19.7. The maximum Gasteiger partial charge on any atom is 0.410 e. The number of hydrogen-bond donors (Lipinski definition) is 0. The fourth-order valence-corrected chi connectivity index (χ4v) is 3.22. The molecule has 2 rings (SSSR count). The molecule has 0 saturated carbocycles. The fraction of sp³-hybridized carbons (Fsp3) is 0.556. The van der Waals surface area contributed by atoms with Gasteiger partial charge in [-0.3, -0.25) is 9.69 Å². The Hall–Kier alpha value is -1.63. The van der Waals surface area contributed by atoms with E-state index in [9.17, 15) is 14.0 Å². The van der Waals surface area contributed by atoms with Crippen LogP contribution in [-0.4, -0.2) is 52.6 Å². The van der Waals surface area contributed by atoms with Crippen LogP contribution < -0.4 is 0 Å². The van der Waals surface area contributed by atoms with E-state index in [1.54, 1.807) is 15.9 Å². The van der Waals surface area contributed by atoms with E-state index in [-0.39, 0.29) is 24.1 Å². The summed E-state index contributed by atoms with van der Waals surface area (Å²) in [5, 5.41) is 0.